The summed E-state index contributed by atoms with van der Waals surface area (Å²) in [6.45, 7) is 0. The molecule has 0 aliphatic heterocycles. The van der Waals surface area contributed by atoms with E-state index in [4.69, 9.17) is 16.4 Å². The molecule has 5 nitrogen and oxygen atoms in total. The third-order valence-electron chi connectivity index (χ3n) is 4.24. The van der Waals surface area contributed by atoms with Gasteiger partial charge in [-0.1, -0.05) is 40.7 Å². The van der Waals surface area contributed by atoms with Crippen molar-refractivity contribution in [3.63, 3.8) is 0 Å². The van der Waals surface area contributed by atoms with Crippen molar-refractivity contribution in [1.29, 1.82) is 0 Å². The normalized spacial score (nSPS) is 16.0. The molecule has 0 unspecified atom stereocenters. The van der Waals surface area contributed by atoms with Crippen LogP contribution in [0.5, 0.6) is 0 Å². The number of rotatable bonds is 4. The lowest BCUT2D eigenvalue weighted by Gasteiger charge is -2.38. The van der Waals surface area contributed by atoms with Crippen molar-refractivity contribution in [2.45, 2.75) is 24.9 Å². The fraction of sp³-hybridized carbons (Fsp3) is 0.235. The van der Waals surface area contributed by atoms with Gasteiger partial charge in [0.2, 0.25) is 5.78 Å². The molecule has 2 aromatic carbocycles. The van der Waals surface area contributed by atoms with E-state index in [1.807, 2.05) is 24.3 Å². The molecule has 1 saturated carbocycles. The molecule has 6 heteroatoms. The van der Waals surface area contributed by atoms with E-state index in [0.717, 1.165) is 17.5 Å². The zero-order valence-electron chi connectivity index (χ0n) is 12.3. The number of aromatic nitrogens is 3. The van der Waals surface area contributed by atoms with Crippen molar-refractivity contribution < 1.29 is 9.63 Å². The second-order valence-corrected chi connectivity index (χ2v) is 6.17. The van der Waals surface area contributed by atoms with Crippen LogP contribution in [0.15, 0.2) is 48.5 Å². The van der Waals surface area contributed by atoms with E-state index < -0.39 is 5.60 Å². The molecule has 0 radical (unpaired) electrons. The standard InChI is InChI=1S/C17H14ClN3O2/c18-13-6-3-5-12(11-13)16(22)17(9-4-10-17)23-21-15-8-2-1-7-14(15)19-20-21/h1-3,5-8,11H,4,9-10H2. The molecule has 116 valence electrons. The lowest BCUT2D eigenvalue weighted by molar-refractivity contribution is -0.0865. The van der Waals surface area contributed by atoms with Crippen molar-refractivity contribution >= 4 is 28.4 Å². The summed E-state index contributed by atoms with van der Waals surface area (Å²) in [5.74, 6) is -0.0640. The van der Waals surface area contributed by atoms with Crippen LogP contribution in [0.25, 0.3) is 11.0 Å². The number of hydrogen-bond acceptors (Lipinski definition) is 4. The Hall–Kier alpha value is -2.40. The largest absolute Gasteiger partial charge is 0.380 e. The van der Waals surface area contributed by atoms with Gasteiger partial charge in [0, 0.05) is 10.6 Å². The second-order valence-electron chi connectivity index (χ2n) is 5.73. The first kappa shape index (κ1) is 14.2. The molecule has 0 saturated heterocycles. The fourth-order valence-corrected chi connectivity index (χ4v) is 3.02. The maximum Gasteiger partial charge on any atom is 0.209 e. The number of fused-ring (bicyclic) bond motifs is 1. The molecule has 4 rings (SSSR count). The van der Waals surface area contributed by atoms with Crippen LogP contribution in [0.2, 0.25) is 5.02 Å². The molecular formula is C17H14ClN3O2. The van der Waals surface area contributed by atoms with E-state index >= 15 is 0 Å². The highest BCUT2D eigenvalue weighted by Crippen LogP contribution is 2.37. The van der Waals surface area contributed by atoms with Gasteiger partial charge in [0.05, 0.1) is 0 Å². The average molecular weight is 328 g/mol. The van der Waals surface area contributed by atoms with Crippen LogP contribution in [0.4, 0.5) is 0 Å². The molecule has 1 aliphatic rings. The lowest BCUT2D eigenvalue weighted by Crippen LogP contribution is -2.54. The Kier molecular flexibility index (Phi) is 3.31. The summed E-state index contributed by atoms with van der Waals surface area (Å²) in [7, 11) is 0. The third kappa shape index (κ3) is 2.37. The maximum atomic E-state index is 12.9. The first-order chi connectivity index (χ1) is 11.2. The number of halogens is 1. The first-order valence-electron chi connectivity index (χ1n) is 7.48. The molecule has 1 fully saturated rings. The second kappa shape index (κ2) is 5.35. The van der Waals surface area contributed by atoms with E-state index in [2.05, 4.69) is 10.3 Å². The van der Waals surface area contributed by atoms with Crippen molar-refractivity contribution in [3.05, 3.63) is 59.1 Å². The van der Waals surface area contributed by atoms with Crippen LogP contribution < -0.4 is 4.84 Å². The SMILES string of the molecule is O=C(c1cccc(Cl)c1)C1(On2nnc3ccccc32)CCC1. The van der Waals surface area contributed by atoms with Gasteiger partial charge in [-0.3, -0.25) is 4.79 Å². The molecule has 1 heterocycles. The fourth-order valence-electron chi connectivity index (χ4n) is 2.83. The van der Waals surface area contributed by atoms with Crippen LogP contribution in [0.3, 0.4) is 0 Å². The molecule has 0 spiro atoms. The van der Waals surface area contributed by atoms with Gasteiger partial charge in [0.25, 0.3) is 0 Å². The maximum absolute atomic E-state index is 12.9. The highest BCUT2D eigenvalue weighted by Gasteiger charge is 2.48. The zero-order chi connectivity index (χ0) is 15.9. The number of hydrogen-bond donors (Lipinski definition) is 0. The smallest absolute Gasteiger partial charge is 0.209 e. The van der Waals surface area contributed by atoms with Gasteiger partial charge < -0.3 is 4.84 Å². The summed E-state index contributed by atoms with van der Waals surface area (Å²) in [6, 6.07) is 14.4. The van der Waals surface area contributed by atoms with E-state index in [9.17, 15) is 4.79 Å². The number of Topliss-reactive ketones (excluding diaryl/α,β-unsaturated/α-hetero) is 1. The molecule has 0 N–H and O–H groups in total. The Labute approximate surface area is 137 Å². The van der Waals surface area contributed by atoms with Gasteiger partial charge in [-0.15, -0.1) is 5.10 Å². The minimum atomic E-state index is -0.888. The van der Waals surface area contributed by atoms with Gasteiger partial charge in [0.15, 0.2) is 5.60 Å². The molecule has 1 aromatic heterocycles. The van der Waals surface area contributed by atoms with E-state index in [-0.39, 0.29) is 5.78 Å². The van der Waals surface area contributed by atoms with Crippen molar-refractivity contribution in [1.82, 2.24) is 15.2 Å². The topological polar surface area (TPSA) is 57.0 Å². The highest BCUT2D eigenvalue weighted by molar-refractivity contribution is 6.31. The van der Waals surface area contributed by atoms with Crippen LogP contribution in [-0.4, -0.2) is 26.5 Å². The van der Waals surface area contributed by atoms with E-state index in [1.165, 1.54) is 4.85 Å². The van der Waals surface area contributed by atoms with Crippen molar-refractivity contribution in [2.24, 2.45) is 0 Å². The summed E-state index contributed by atoms with van der Waals surface area (Å²) >= 11 is 6.00. The van der Waals surface area contributed by atoms with Gasteiger partial charge in [0.1, 0.15) is 11.0 Å². The third-order valence-corrected chi connectivity index (χ3v) is 4.48. The lowest BCUT2D eigenvalue weighted by atomic mass is 9.75. The van der Waals surface area contributed by atoms with Crippen molar-refractivity contribution in [3.8, 4) is 0 Å². The minimum Gasteiger partial charge on any atom is -0.380 e. The number of ketones is 1. The van der Waals surface area contributed by atoms with E-state index in [1.54, 1.807) is 24.3 Å². The molecule has 0 atom stereocenters. The molecule has 23 heavy (non-hydrogen) atoms. The van der Waals surface area contributed by atoms with Gasteiger partial charge >= 0.3 is 0 Å². The highest BCUT2D eigenvalue weighted by atomic mass is 35.5. The van der Waals surface area contributed by atoms with Crippen LogP contribution in [-0.2, 0) is 0 Å². The average Bonchev–Trinajstić information content (AvgIpc) is 2.93. The molecule has 3 aromatic rings. The van der Waals surface area contributed by atoms with E-state index in [0.29, 0.717) is 23.4 Å². The first-order valence-corrected chi connectivity index (χ1v) is 7.86. The van der Waals surface area contributed by atoms with Crippen molar-refractivity contribution in [2.75, 3.05) is 0 Å². The molecule has 0 amide bonds. The zero-order valence-corrected chi connectivity index (χ0v) is 13.0. The number of para-hydroxylation sites is 1. The molecule has 0 bridgehead atoms. The summed E-state index contributed by atoms with van der Waals surface area (Å²) in [6.07, 6.45) is 2.26. The predicted molar refractivity (Wildman–Crippen MR) is 86.5 cm³/mol. The summed E-state index contributed by atoms with van der Waals surface area (Å²) < 4.78 is 0. The number of carbonyl (C=O) groups excluding carboxylic acids is 1. The summed E-state index contributed by atoms with van der Waals surface area (Å²) in [4.78, 5) is 20.3. The monoisotopic (exact) mass is 327 g/mol. The van der Waals surface area contributed by atoms with Gasteiger partial charge in [-0.25, -0.2) is 0 Å². The number of benzene rings is 2. The molecule has 1 aliphatic carbocycles. The Balaban J connectivity index is 1.69. The van der Waals surface area contributed by atoms with Crippen LogP contribution >= 0.6 is 11.6 Å². The number of nitrogens with zero attached hydrogens (tertiary/aromatic N) is 3. The molecular weight excluding hydrogens is 314 g/mol. The van der Waals surface area contributed by atoms with Crippen LogP contribution in [0, 0.1) is 0 Å². The Morgan fingerprint density at radius 1 is 1.17 bits per heavy atom. The van der Waals surface area contributed by atoms with Crippen LogP contribution in [0.1, 0.15) is 29.6 Å². The summed E-state index contributed by atoms with van der Waals surface area (Å²) in [5.41, 5.74) is 1.15. The number of carbonyl (C=O) groups is 1. The quantitative estimate of drug-likeness (QED) is 0.690. The minimum absolute atomic E-state index is 0.0640. The Morgan fingerprint density at radius 3 is 2.74 bits per heavy atom. The summed E-state index contributed by atoms with van der Waals surface area (Å²) in [5, 5.41) is 8.62. The Bertz CT molecular complexity index is 886. The van der Waals surface area contributed by atoms with Gasteiger partial charge in [-0.05, 0) is 48.7 Å². The Morgan fingerprint density at radius 2 is 2.00 bits per heavy atom. The van der Waals surface area contributed by atoms with Gasteiger partial charge in [-0.2, -0.15) is 0 Å². The predicted octanol–water partition coefficient (Wildman–Crippen LogP) is 3.32.